The number of rotatable bonds is 9. The molecule has 2 aromatic carbocycles. The number of halogens is 3. The molecule has 0 saturated heterocycles. The fourth-order valence-corrected chi connectivity index (χ4v) is 5.17. The molecule has 11 heteroatoms. The number of hydrogen-bond donors (Lipinski definition) is 1. The monoisotopic (exact) mass is 543 g/mol. The second-order valence-electron chi connectivity index (χ2n) is 8.65. The van der Waals surface area contributed by atoms with E-state index in [9.17, 15) is 22.4 Å². The Morgan fingerprint density at radius 1 is 1.11 bits per heavy atom. The van der Waals surface area contributed by atoms with E-state index in [0.29, 0.717) is 0 Å². The summed E-state index contributed by atoms with van der Waals surface area (Å²) in [6.07, 6.45) is 4.71. The van der Waals surface area contributed by atoms with E-state index >= 15 is 0 Å². The molecule has 190 valence electrons. The van der Waals surface area contributed by atoms with Crippen molar-refractivity contribution in [1.29, 1.82) is 0 Å². The van der Waals surface area contributed by atoms with Gasteiger partial charge in [-0.15, -0.1) is 0 Å². The maximum absolute atomic E-state index is 14.4. The number of nitrogens with one attached hydrogen (secondary N) is 1. The van der Waals surface area contributed by atoms with Crippen molar-refractivity contribution >= 4 is 50.7 Å². The predicted molar refractivity (Wildman–Crippen MR) is 135 cm³/mol. The van der Waals surface area contributed by atoms with Gasteiger partial charge in [0.05, 0.1) is 22.0 Å². The van der Waals surface area contributed by atoms with E-state index in [4.69, 9.17) is 23.2 Å². The molecular weight excluding hydrogens is 516 g/mol. The Kier molecular flexibility index (Phi) is 9.01. The van der Waals surface area contributed by atoms with Crippen LogP contribution in [0.25, 0.3) is 0 Å². The fourth-order valence-electron chi connectivity index (χ4n) is 4.04. The van der Waals surface area contributed by atoms with Crippen molar-refractivity contribution in [3.8, 4) is 0 Å². The second-order valence-corrected chi connectivity index (χ2v) is 11.4. The fraction of sp³-hybridized carbons (Fsp3) is 0.417. The number of anilines is 1. The largest absolute Gasteiger partial charge is 0.352 e. The Bertz CT molecular complexity index is 1190. The summed E-state index contributed by atoms with van der Waals surface area (Å²) in [5.74, 6) is -1.57. The molecule has 7 nitrogen and oxygen atoms in total. The summed E-state index contributed by atoms with van der Waals surface area (Å²) < 4.78 is 40.5. The third-order valence-corrected chi connectivity index (χ3v) is 7.92. The minimum atomic E-state index is -3.91. The molecule has 1 saturated carbocycles. The third-order valence-electron chi connectivity index (χ3n) is 6.04. The summed E-state index contributed by atoms with van der Waals surface area (Å²) in [5, 5.41) is 3.31. The van der Waals surface area contributed by atoms with Crippen LogP contribution in [-0.2, 0) is 26.2 Å². The van der Waals surface area contributed by atoms with E-state index in [0.717, 1.165) is 36.2 Å². The molecule has 0 bridgehead atoms. The lowest BCUT2D eigenvalue weighted by Crippen LogP contribution is -2.52. The molecule has 1 N–H and O–H groups in total. The number of amides is 2. The zero-order chi connectivity index (χ0) is 25.8. The lowest BCUT2D eigenvalue weighted by atomic mass is 10.1. The molecule has 2 aromatic rings. The number of carbonyl (C=O) groups excluding carboxylic acids is 2. The summed E-state index contributed by atoms with van der Waals surface area (Å²) in [6.45, 7) is 0.739. The molecule has 0 aliphatic heterocycles. The van der Waals surface area contributed by atoms with Crippen LogP contribution in [-0.4, -0.2) is 50.0 Å². The van der Waals surface area contributed by atoms with Crippen molar-refractivity contribution < 1.29 is 22.4 Å². The number of carbonyl (C=O) groups is 2. The summed E-state index contributed by atoms with van der Waals surface area (Å²) in [4.78, 5) is 27.7. The number of hydrogen-bond acceptors (Lipinski definition) is 4. The van der Waals surface area contributed by atoms with Crippen LogP contribution in [0.1, 0.15) is 38.2 Å². The van der Waals surface area contributed by atoms with Crippen LogP contribution in [0.15, 0.2) is 42.5 Å². The quantitative estimate of drug-likeness (QED) is 0.508. The first-order valence-corrected chi connectivity index (χ1v) is 13.8. The molecule has 35 heavy (non-hydrogen) atoms. The summed E-state index contributed by atoms with van der Waals surface area (Å²) >= 11 is 12.0. The summed E-state index contributed by atoms with van der Waals surface area (Å²) in [7, 11) is -3.91. The lowest BCUT2D eigenvalue weighted by Gasteiger charge is -2.32. The standard InChI is InChI=1S/C24H28Cl2FN3O4S/c1-16(24(32)28-18-8-4-5-9-18)29(14-17-7-3-6-10-22(17)27)23(31)15-30(35(2,33)34)19-11-12-20(25)21(26)13-19/h3,6-7,10-13,16,18H,4-5,8-9,14-15H2,1-2H3,(H,28,32)/t16-/m0/s1. The molecule has 0 aromatic heterocycles. The van der Waals surface area contributed by atoms with Gasteiger partial charge < -0.3 is 10.2 Å². The molecule has 1 aliphatic carbocycles. The SMILES string of the molecule is C[C@@H](C(=O)NC1CCCC1)N(Cc1ccccc1F)C(=O)CN(c1ccc(Cl)c(Cl)c1)S(C)(=O)=O. The normalized spacial score (nSPS) is 15.0. The number of benzene rings is 2. The van der Waals surface area contributed by atoms with Crippen molar-refractivity contribution in [3.63, 3.8) is 0 Å². The highest BCUT2D eigenvalue weighted by atomic mass is 35.5. The molecular formula is C24H28Cl2FN3O4S. The molecule has 0 heterocycles. The van der Waals surface area contributed by atoms with Gasteiger partial charge in [0, 0.05) is 18.2 Å². The third kappa shape index (κ3) is 7.08. The molecule has 3 rings (SSSR count). The van der Waals surface area contributed by atoms with E-state index in [2.05, 4.69) is 5.32 Å². The summed E-state index contributed by atoms with van der Waals surface area (Å²) in [5.41, 5.74) is 0.353. The van der Waals surface area contributed by atoms with Gasteiger partial charge in [-0.25, -0.2) is 12.8 Å². The minimum absolute atomic E-state index is 0.0269. The van der Waals surface area contributed by atoms with Gasteiger partial charge in [-0.3, -0.25) is 13.9 Å². The van der Waals surface area contributed by atoms with Crippen molar-refractivity contribution in [2.45, 2.75) is 51.2 Å². The molecule has 0 unspecified atom stereocenters. The van der Waals surface area contributed by atoms with Gasteiger partial charge in [-0.05, 0) is 44.0 Å². The van der Waals surface area contributed by atoms with Crippen LogP contribution in [0.4, 0.5) is 10.1 Å². The molecule has 0 radical (unpaired) electrons. The van der Waals surface area contributed by atoms with Crippen LogP contribution in [0.2, 0.25) is 10.0 Å². The van der Waals surface area contributed by atoms with E-state index < -0.39 is 34.3 Å². The van der Waals surface area contributed by atoms with E-state index in [1.807, 2.05) is 0 Å². The zero-order valence-electron chi connectivity index (χ0n) is 19.5. The Hall–Kier alpha value is -2.36. The van der Waals surface area contributed by atoms with Crippen molar-refractivity contribution in [2.75, 3.05) is 17.1 Å². The first-order chi connectivity index (χ1) is 16.5. The first kappa shape index (κ1) is 27.2. The number of nitrogens with zero attached hydrogens (tertiary/aromatic N) is 2. The average molecular weight is 544 g/mol. The van der Waals surface area contributed by atoms with Gasteiger partial charge in [-0.2, -0.15) is 0 Å². The molecule has 0 spiro atoms. The molecule has 2 amide bonds. The van der Waals surface area contributed by atoms with Gasteiger partial charge in [0.25, 0.3) is 0 Å². The Morgan fingerprint density at radius 3 is 2.37 bits per heavy atom. The predicted octanol–water partition coefficient (Wildman–Crippen LogP) is 4.37. The van der Waals surface area contributed by atoms with Gasteiger partial charge in [0.2, 0.25) is 21.8 Å². The second kappa shape index (κ2) is 11.6. The highest BCUT2D eigenvalue weighted by molar-refractivity contribution is 7.92. The topological polar surface area (TPSA) is 86.8 Å². The zero-order valence-corrected chi connectivity index (χ0v) is 21.8. The molecule has 1 atom stereocenters. The molecule has 1 fully saturated rings. The van der Waals surface area contributed by atoms with E-state index in [1.165, 1.54) is 41.3 Å². The van der Waals surface area contributed by atoms with Crippen LogP contribution in [0, 0.1) is 5.82 Å². The van der Waals surface area contributed by atoms with Crippen molar-refractivity contribution in [3.05, 3.63) is 63.9 Å². The van der Waals surface area contributed by atoms with Gasteiger partial charge in [0.15, 0.2) is 0 Å². The van der Waals surface area contributed by atoms with Crippen molar-refractivity contribution in [1.82, 2.24) is 10.2 Å². The van der Waals surface area contributed by atoms with Crippen LogP contribution in [0.3, 0.4) is 0 Å². The van der Waals surface area contributed by atoms with Gasteiger partial charge in [-0.1, -0.05) is 54.2 Å². The lowest BCUT2D eigenvalue weighted by molar-refractivity contribution is -0.139. The van der Waals surface area contributed by atoms with Crippen LogP contribution in [0.5, 0.6) is 0 Å². The Morgan fingerprint density at radius 2 is 1.77 bits per heavy atom. The maximum atomic E-state index is 14.4. The Balaban J connectivity index is 1.90. The maximum Gasteiger partial charge on any atom is 0.244 e. The first-order valence-electron chi connectivity index (χ1n) is 11.2. The highest BCUT2D eigenvalue weighted by Gasteiger charge is 2.32. The highest BCUT2D eigenvalue weighted by Crippen LogP contribution is 2.29. The minimum Gasteiger partial charge on any atom is -0.352 e. The van der Waals surface area contributed by atoms with Crippen molar-refractivity contribution in [2.24, 2.45) is 0 Å². The van der Waals surface area contributed by atoms with E-state index in [-0.39, 0.29) is 39.8 Å². The Labute approximate surface area is 215 Å². The summed E-state index contributed by atoms with van der Waals surface area (Å²) in [6, 6.07) is 9.20. The van der Waals surface area contributed by atoms with Crippen LogP contribution >= 0.6 is 23.2 Å². The number of sulfonamides is 1. The average Bonchev–Trinajstić information content (AvgIpc) is 3.30. The van der Waals surface area contributed by atoms with Gasteiger partial charge in [0.1, 0.15) is 18.4 Å². The smallest absolute Gasteiger partial charge is 0.244 e. The van der Waals surface area contributed by atoms with Crippen LogP contribution < -0.4 is 9.62 Å². The van der Waals surface area contributed by atoms with Gasteiger partial charge >= 0.3 is 0 Å². The van der Waals surface area contributed by atoms with E-state index in [1.54, 1.807) is 13.0 Å². The molecule has 1 aliphatic rings.